The fourth-order valence-electron chi connectivity index (χ4n) is 2.86. The lowest BCUT2D eigenvalue weighted by Gasteiger charge is -2.25. The third-order valence-corrected chi connectivity index (χ3v) is 6.83. The molecule has 1 aliphatic heterocycles. The van der Waals surface area contributed by atoms with Gasteiger partial charge in [-0.3, -0.25) is 9.10 Å². The Morgan fingerprint density at radius 3 is 2.70 bits per heavy atom. The van der Waals surface area contributed by atoms with Crippen molar-refractivity contribution in [3.05, 3.63) is 59.2 Å². The second-order valence-electron chi connectivity index (χ2n) is 7.20. The van der Waals surface area contributed by atoms with E-state index in [0.29, 0.717) is 5.69 Å². The summed E-state index contributed by atoms with van der Waals surface area (Å²) in [6, 6.07) is 12.9. The second-order valence-corrected chi connectivity index (χ2v) is 10.2. The third kappa shape index (κ3) is 5.99. The minimum Gasteiger partial charge on any atom is -0.489 e. The molecule has 0 unspecified atom stereocenters. The van der Waals surface area contributed by atoms with E-state index < -0.39 is 15.9 Å². The number of carbonyl (C=O) groups is 1. The molecule has 0 spiro atoms. The predicted octanol–water partition coefficient (Wildman–Crippen LogP) is 2.71. The van der Waals surface area contributed by atoms with Crippen LogP contribution in [0.1, 0.15) is 16.7 Å². The molecule has 1 heterocycles. The first kappa shape index (κ1) is 22.2. The van der Waals surface area contributed by atoms with Crippen LogP contribution in [0.2, 0.25) is 0 Å². The Balaban J connectivity index is 1.64. The first-order valence-corrected chi connectivity index (χ1v) is 12.4. The maximum atomic E-state index is 12.4. The number of sulfonamides is 1. The molecule has 160 valence electrons. The fraction of sp³-hybridized carbons (Fsp3) is 0.333. The molecule has 1 fully saturated rings. The Hall–Kier alpha value is -2.52. The summed E-state index contributed by atoms with van der Waals surface area (Å²) in [6.07, 6.45) is 2.83. The highest BCUT2D eigenvalue weighted by Gasteiger charge is 2.22. The number of hydrogen-bond donors (Lipinski definition) is 1. The summed E-state index contributed by atoms with van der Waals surface area (Å²) < 4.78 is 31.5. The zero-order chi connectivity index (χ0) is 21.7. The summed E-state index contributed by atoms with van der Waals surface area (Å²) in [5, 5.41) is 3.96. The zero-order valence-corrected chi connectivity index (χ0v) is 18.8. The van der Waals surface area contributed by atoms with Crippen LogP contribution in [0.15, 0.2) is 47.6 Å². The minimum absolute atomic E-state index is 0.244. The van der Waals surface area contributed by atoms with Gasteiger partial charge in [0.2, 0.25) is 10.0 Å². The van der Waals surface area contributed by atoms with E-state index in [1.54, 1.807) is 13.0 Å². The number of hydrogen-bond acceptors (Lipinski definition) is 6. The van der Waals surface area contributed by atoms with E-state index in [-0.39, 0.29) is 12.6 Å². The highest BCUT2D eigenvalue weighted by atomic mass is 32.2. The molecule has 0 atom stereocenters. The van der Waals surface area contributed by atoms with Crippen molar-refractivity contribution in [2.45, 2.75) is 20.0 Å². The van der Waals surface area contributed by atoms with Crippen LogP contribution in [-0.4, -0.2) is 50.9 Å². The number of aryl methyl sites for hydroxylation is 2. The van der Waals surface area contributed by atoms with Gasteiger partial charge in [0.1, 0.15) is 18.4 Å². The summed E-state index contributed by atoms with van der Waals surface area (Å²) in [5.74, 6) is 2.21. The van der Waals surface area contributed by atoms with Gasteiger partial charge in [-0.15, -0.1) is 0 Å². The topological polar surface area (TPSA) is 88.1 Å². The van der Waals surface area contributed by atoms with E-state index in [9.17, 15) is 13.2 Å². The van der Waals surface area contributed by atoms with Crippen LogP contribution < -0.4 is 14.5 Å². The van der Waals surface area contributed by atoms with Crippen LogP contribution in [0.25, 0.3) is 0 Å². The normalized spacial score (nSPS) is 14.4. The summed E-state index contributed by atoms with van der Waals surface area (Å²) in [5.41, 5.74) is 5.33. The largest absolute Gasteiger partial charge is 0.489 e. The molecule has 0 radical (unpaired) electrons. The van der Waals surface area contributed by atoms with E-state index in [1.165, 1.54) is 6.21 Å². The third-order valence-electron chi connectivity index (χ3n) is 4.49. The molecule has 30 heavy (non-hydrogen) atoms. The Labute approximate surface area is 181 Å². The molecule has 0 bridgehead atoms. The highest BCUT2D eigenvalue weighted by Crippen LogP contribution is 2.25. The monoisotopic (exact) mass is 447 g/mol. The van der Waals surface area contributed by atoms with E-state index in [4.69, 9.17) is 4.74 Å². The average Bonchev–Trinajstić information content (AvgIpc) is 2.64. The second kappa shape index (κ2) is 9.53. The molecule has 3 rings (SSSR count). The molecular formula is C21H25N3O4S2. The zero-order valence-electron chi connectivity index (χ0n) is 17.2. The van der Waals surface area contributed by atoms with E-state index in [0.717, 1.165) is 44.5 Å². The first-order valence-electron chi connectivity index (χ1n) is 9.44. The van der Waals surface area contributed by atoms with Crippen molar-refractivity contribution in [3.8, 4) is 5.75 Å². The number of ether oxygens (including phenoxy) is 1. The predicted molar refractivity (Wildman–Crippen MR) is 122 cm³/mol. The van der Waals surface area contributed by atoms with Gasteiger partial charge in [0.05, 0.1) is 18.2 Å². The Morgan fingerprint density at radius 2 is 2.03 bits per heavy atom. The number of nitrogens with zero attached hydrogens (tertiary/aromatic N) is 2. The molecule has 1 aliphatic rings. The van der Waals surface area contributed by atoms with E-state index in [2.05, 4.69) is 10.5 Å². The SMILES string of the molecule is Cc1ccc(C)c(N(CC(=O)N/N=C\c2cccc(OC3CSC3)c2)S(C)(=O)=O)c1. The minimum atomic E-state index is -3.64. The number of nitrogens with one attached hydrogen (secondary N) is 1. The quantitative estimate of drug-likeness (QED) is 0.497. The Kier molecular flexibility index (Phi) is 7.04. The van der Waals surface area contributed by atoms with Crippen LogP contribution in [-0.2, 0) is 14.8 Å². The molecule has 2 aromatic rings. The van der Waals surface area contributed by atoms with E-state index >= 15 is 0 Å². The summed E-state index contributed by atoms with van der Waals surface area (Å²) in [4.78, 5) is 12.4. The van der Waals surface area contributed by atoms with Gasteiger partial charge in [-0.25, -0.2) is 13.8 Å². The van der Waals surface area contributed by atoms with Crippen molar-refractivity contribution in [1.82, 2.24) is 5.43 Å². The number of thioether (sulfide) groups is 1. The highest BCUT2D eigenvalue weighted by molar-refractivity contribution is 8.00. The van der Waals surface area contributed by atoms with Gasteiger partial charge in [0.25, 0.3) is 5.91 Å². The van der Waals surface area contributed by atoms with E-state index in [1.807, 2.05) is 55.1 Å². The molecule has 1 amide bonds. The Bertz CT molecular complexity index is 1050. The lowest BCUT2D eigenvalue weighted by molar-refractivity contribution is -0.119. The fourth-order valence-corrected chi connectivity index (χ4v) is 4.33. The summed E-state index contributed by atoms with van der Waals surface area (Å²) in [6.45, 7) is 3.32. The standard InChI is InChI=1S/C21H25N3O4S2/c1-15-7-8-16(2)20(9-15)24(30(3,26)27)12-21(25)23-22-11-17-5-4-6-18(10-17)28-19-13-29-14-19/h4-11,19H,12-14H2,1-3H3,(H,23,25)/b22-11-. The summed E-state index contributed by atoms with van der Waals surface area (Å²) >= 11 is 1.85. The van der Waals surface area contributed by atoms with Gasteiger partial charge < -0.3 is 4.74 Å². The van der Waals surface area contributed by atoms with Gasteiger partial charge >= 0.3 is 0 Å². The van der Waals surface area contributed by atoms with Crippen LogP contribution in [0, 0.1) is 13.8 Å². The van der Waals surface area contributed by atoms with Crippen molar-refractivity contribution in [2.75, 3.05) is 28.6 Å². The van der Waals surface area contributed by atoms with Crippen molar-refractivity contribution in [2.24, 2.45) is 5.10 Å². The lowest BCUT2D eigenvalue weighted by atomic mass is 10.1. The maximum absolute atomic E-state index is 12.4. The van der Waals surface area contributed by atoms with Crippen molar-refractivity contribution in [1.29, 1.82) is 0 Å². The number of carbonyl (C=O) groups excluding carboxylic acids is 1. The van der Waals surface area contributed by atoms with Crippen molar-refractivity contribution >= 4 is 39.6 Å². The number of anilines is 1. The number of benzene rings is 2. The first-order chi connectivity index (χ1) is 14.2. The number of rotatable bonds is 8. The van der Waals surface area contributed by atoms with Gasteiger partial charge in [0, 0.05) is 11.5 Å². The van der Waals surface area contributed by atoms with Crippen molar-refractivity contribution < 1.29 is 17.9 Å². The molecule has 1 N–H and O–H groups in total. The smallest absolute Gasteiger partial charge is 0.260 e. The van der Waals surface area contributed by atoms with Gasteiger partial charge in [-0.1, -0.05) is 24.3 Å². The molecular weight excluding hydrogens is 422 g/mol. The van der Waals surface area contributed by atoms with Crippen LogP contribution >= 0.6 is 11.8 Å². The molecule has 9 heteroatoms. The molecule has 0 aliphatic carbocycles. The molecule has 0 saturated carbocycles. The average molecular weight is 448 g/mol. The number of amides is 1. The molecule has 7 nitrogen and oxygen atoms in total. The maximum Gasteiger partial charge on any atom is 0.260 e. The number of hydrazone groups is 1. The van der Waals surface area contributed by atoms with Gasteiger partial charge in [0.15, 0.2) is 0 Å². The molecule has 1 saturated heterocycles. The lowest BCUT2D eigenvalue weighted by Crippen LogP contribution is -2.39. The van der Waals surface area contributed by atoms with Gasteiger partial charge in [-0.2, -0.15) is 16.9 Å². The molecule has 0 aromatic heterocycles. The van der Waals surface area contributed by atoms with Gasteiger partial charge in [-0.05, 0) is 48.7 Å². The van der Waals surface area contributed by atoms with Crippen molar-refractivity contribution in [3.63, 3.8) is 0 Å². The van der Waals surface area contributed by atoms with Crippen LogP contribution in [0.3, 0.4) is 0 Å². The van der Waals surface area contributed by atoms with Crippen LogP contribution in [0.5, 0.6) is 5.75 Å². The Morgan fingerprint density at radius 1 is 1.27 bits per heavy atom. The summed E-state index contributed by atoms with van der Waals surface area (Å²) in [7, 11) is -3.64. The molecule has 2 aromatic carbocycles. The van der Waals surface area contributed by atoms with Crippen LogP contribution in [0.4, 0.5) is 5.69 Å².